The fourth-order valence-electron chi connectivity index (χ4n) is 0.966. The third-order valence-electron chi connectivity index (χ3n) is 1.48. The first-order chi connectivity index (χ1) is 6.87. The zero-order valence-electron chi connectivity index (χ0n) is 9.86. The van der Waals surface area contributed by atoms with E-state index in [0.717, 1.165) is 10.7 Å². The number of carbonyl (C=O) groups is 1. The molecule has 1 amide bonds. The van der Waals surface area contributed by atoms with Gasteiger partial charge in [-0.1, -0.05) is 0 Å². The molecule has 16 heavy (non-hydrogen) atoms. The van der Waals surface area contributed by atoms with Crippen LogP contribution in [-0.4, -0.2) is 16.7 Å². The fourth-order valence-corrected chi connectivity index (χ4v) is 1.58. The molecule has 0 saturated carbocycles. The number of carbonyl (C=O) groups excluding carboxylic acids is 1. The van der Waals surface area contributed by atoms with Crippen LogP contribution < -0.4 is 5.32 Å². The van der Waals surface area contributed by atoms with Crippen LogP contribution in [0.1, 0.15) is 31.5 Å². The number of halogens is 1. The summed E-state index contributed by atoms with van der Waals surface area (Å²) in [4.78, 5) is 15.5. The van der Waals surface area contributed by atoms with E-state index in [9.17, 15) is 4.79 Å². The second-order valence-electron chi connectivity index (χ2n) is 4.21. The number of nitrogens with zero attached hydrogens (tertiary/aromatic N) is 1. The number of thiazole rings is 1. The molecule has 0 aliphatic heterocycles. The van der Waals surface area contributed by atoms with Crippen molar-refractivity contribution in [2.45, 2.75) is 39.8 Å². The van der Waals surface area contributed by atoms with Crippen molar-refractivity contribution in [2.24, 2.45) is 0 Å². The number of rotatable bonds is 2. The first kappa shape index (κ1) is 15.2. The van der Waals surface area contributed by atoms with E-state index in [4.69, 9.17) is 4.74 Å². The zero-order chi connectivity index (χ0) is 11.5. The summed E-state index contributed by atoms with van der Waals surface area (Å²) in [6.07, 6.45) is -0.409. The van der Waals surface area contributed by atoms with Gasteiger partial charge in [-0.25, -0.2) is 9.78 Å². The van der Waals surface area contributed by atoms with Crippen molar-refractivity contribution < 1.29 is 9.53 Å². The third-order valence-corrected chi connectivity index (χ3v) is 2.30. The van der Waals surface area contributed by atoms with Crippen LogP contribution in [-0.2, 0) is 11.3 Å². The highest BCUT2D eigenvalue weighted by molar-refractivity contribution is 7.09. The lowest BCUT2D eigenvalue weighted by atomic mass is 10.2. The minimum absolute atomic E-state index is 0. The van der Waals surface area contributed by atoms with Crippen molar-refractivity contribution >= 4 is 29.8 Å². The fraction of sp³-hybridized carbons (Fsp3) is 0.600. The molecule has 0 aromatic carbocycles. The first-order valence-corrected chi connectivity index (χ1v) is 5.62. The molecule has 0 bridgehead atoms. The van der Waals surface area contributed by atoms with Gasteiger partial charge in [0.05, 0.1) is 17.2 Å². The molecule has 92 valence electrons. The van der Waals surface area contributed by atoms with E-state index in [1.807, 2.05) is 33.1 Å². The van der Waals surface area contributed by atoms with E-state index in [1.54, 1.807) is 11.3 Å². The number of hydrogen-bond acceptors (Lipinski definition) is 4. The third kappa shape index (κ3) is 5.92. The molecule has 1 heterocycles. The summed E-state index contributed by atoms with van der Waals surface area (Å²) >= 11 is 1.57. The lowest BCUT2D eigenvalue weighted by Crippen LogP contribution is -2.32. The maximum absolute atomic E-state index is 11.3. The van der Waals surface area contributed by atoms with Gasteiger partial charge in [-0.3, -0.25) is 0 Å². The molecular weight excluding hydrogens is 248 g/mol. The van der Waals surface area contributed by atoms with Crippen molar-refractivity contribution in [3.63, 3.8) is 0 Å². The van der Waals surface area contributed by atoms with Crippen molar-refractivity contribution in [1.29, 1.82) is 0 Å². The SMILES string of the molecule is Cc1nc(CNC(=O)OC(C)(C)C)cs1.Cl. The minimum atomic E-state index is -0.456. The number of amides is 1. The molecule has 1 N–H and O–H groups in total. The van der Waals surface area contributed by atoms with E-state index in [1.165, 1.54) is 0 Å². The number of alkyl carbamates (subject to hydrolysis) is 1. The van der Waals surface area contributed by atoms with E-state index in [0.29, 0.717) is 6.54 Å². The Labute approximate surface area is 106 Å². The van der Waals surface area contributed by atoms with Crippen LogP contribution in [0, 0.1) is 6.92 Å². The molecule has 0 atom stereocenters. The van der Waals surface area contributed by atoms with Gasteiger partial charge in [0.25, 0.3) is 0 Å². The quantitative estimate of drug-likeness (QED) is 0.894. The number of ether oxygens (including phenoxy) is 1. The molecule has 0 saturated heterocycles. The van der Waals surface area contributed by atoms with Crippen LogP contribution in [0.4, 0.5) is 4.79 Å². The Morgan fingerprint density at radius 3 is 2.62 bits per heavy atom. The van der Waals surface area contributed by atoms with Gasteiger partial charge in [0.1, 0.15) is 5.60 Å². The van der Waals surface area contributed by atoms with E-state index in [-0.39, 0.29) is 12.4 Å². The Morgan fingerprint density at radius 1 is 1.56 bits per heavy atom. The molecule has 0 fully saturated rings. The predicted octanol–water partition coefficient (Wildman–Crippen LogP) is 2.90. The molecular formula is C10H17ClN2O2S. The van der Waals surface area contributed by atoms with Crippen molar-refractivity contribution in [1.82, 2.24) is 10.3 Å². The highest BCUT2D eigenvalue weighted by atomic mass is 35.5. The summed E-state index contributed by atoms with van der Waals surface area (Å²) in [7, 11) is 0. The lowest BCUT2D eigenvalue weighted by Gasteiger charge is -2.19. The number of nitrogens with one attached hydrogen (secondary N) is 1. The predicted molar refractivity (Wildman–Crippen MR) is 67.2 cm³/mol. The summed E-state index contributed by atoms with van der Waals surface area (Å²) in [5.74, 6) is 0. The Balaban J connectivity index is 0.00000225. The standard InChI is InChI=1S/C10H16N2O2S.ClH/c1-7-12-8(6-15-7)5-11-9(13)14-10(2,3)4;/h6H,5H2,1-4H3,(H,11,13);1H. The monoisotopic (exact) mass is 264 g/mol. The molecule has 0 aliphatic rings. The van der Waals surface area contributed by atoms with Crippen LogP contribution in [0.15, 0.2) is 5.38 Å². The maximum atomic E-state index is 11.3. The lowest BCUT2D eigenvalue weighted by molar-refractivity contribution is 0.0523. The Hall–Kier alpha value is -0.810. The van der Waals surface area contributed by atoms with E-state index in [2.05, 4.69) is 10.3 Å². The van der Waals surface area contributed by atoms with Crippen LogP contribution in [0.3, 0.4) is 0 Å². The van der Waals surface area contributed by atoms with Gasteiger partial charge in [-0.15, -0.1) is 23.7 Å². The summed E-state index contributed by atoms with van der Waals surface area (Å²) < 4.78 is 5.09. The summed E-state index contributed by atoms with van der Waals surface area (Å²) in [5.41, 5.74) is 0.408. The molecule has 0 spiro atoms. The van der Waals surface area contributed by atoms with Crippen LogP contribution in [0.25, 0.3) is 0 Å². The van der Waals surface area contributed by atoms with Gasteiger partial charge in [-0.05, 0) is 27.7 Å². The van der Waals surface area contributed by atoms with Gasteiger partial charge < -0.3 is 10.1 Å². The first-order valence-electron chi connectivity index (χ1n) is 4.75. The zero-order valence-corrected chi connectivity index (χ0v) is 11.5. The summed E-state index contributed by atoms with van der Waals surface area (Å²) in [6.45, 7) is 7.85. The average Bonchev–Trinajstić information content (AvgIpc) is 2.45. The van der Waals surface area contributed by atoms with Gasteiger partial charge in [0.15, 0.2) is 0 Å². The average molecular weight is 265 g/mol. The number of aromatic nitrogens is 1. The minimum Gasteiger partial charge on any atom is -0.444 e. The van der Waals surface area contributed by atoms with E-state index < -0.39 is 11.7 Å². The molecule has 0 unspecified atom stereocenters. The van der Waals surface area contributed by atoms with Crippen molar-refractivity contribution in [3.8, 4) is 0 Å². The molecule has 0 radical (unpaired) electrons. The smallest absolute Gasteiger partial charge is 0.407 e. The van der Waals surface area contributed by atoms with Crippen LogP contribution >= 0.6 is 23.7 Å². The van der Waals surface area contributed by atoms with Crippen LogP contribution in [0.5, 0.6) is 0 Å². The highest BCUT2D eigenvalue weighted by Crippen LogP contribution is 2.09. The van der Waals surface area contributed by atoms with Gasteiger partial charge in [0.2, 0.25) is 0 Å². The summed E-state index contributed by atoms with van der Waals surface area (Å²) in [5, 5.41) is 5.57. The van der Waals surface area contributed by atoms with Crippen molar-refractivity contribution in [2.75, 3.05) is 0 Å². The molecule has 1 aromatic heterocycles. The second kappa shape index (κ2) is 6.06. The summed E-state index contributed by atoms with van der Waals surface area (Å²) in [6, 6.07) is 0. The molecule has 4 nitrogen and oxygen atoms in total. The Bertz CT molecular complexity index is 347. The van der Waals surface area contributed by atoms with Crippen LogP contribution in [0.2, 0.25) is 0 Å². The Kier molecular flexibility index (Phi) is 5.75. The van der Waals surface area contributed by atoms with Gasteiger partial charge in [-0.2, -0.15) is 0 Å². The normalized spacial score (nSPS) is 10.5. The van der Waals surface area contributed by atoms with E-state index >= 15 is 0 Å². The van der Waals surface area contributed by atoms with Gasteiger partial charge in [0, 0.05) is 5.38 Å². The topological polar surface area (TPSA) is 51.2 Å². The second-order valence-corrected chi connectivity index (χ2v) is 5.28. The van der Waals surface area contributed by atoms with Gasteiger partial charge >= 0.3 is 6.09 Å². The molecule has 1 aromatic rings. The molecule has 6 heteroatoms. The maximum Gasteiger partial charge on any atom is 0.407 e. The Morgan fingerprint density at radius 2 is 2.19 bits per heavy atom. The highest BCUT2D eigenvalue weighted by Gasteiger charge is 2.15. The molecule has 1 rings (SSSR count). The number of hydrogen-bond donors (Lipinski definition) is 1. The van der Waals surface area contributed by atoms with Crippen molar-refractivity contribution in [3.05, 3.63) is 16.1 Å². The number of aryl methyl sites for hydroxylation is 1. The molecule has 0 aliphatic carbocycles. The largest absolute Gasteiger partial charge is 0.444 e.